The van der Waals surface area contributed by atoms with Crippen molar-refractivity contribution in [2.75, 3.05) is 20.3 Å². The van der Waals surface area contributed by atoms with Gasteiger partial charge in [0.15, 0.2) is 0 Å². The first-order valence-corrected chi connectivity index (χ1v) is 7.99. The molecule has 0 N–H and O–H groups in total. The standard InChI is InChI=1S/C10H19ClNO3P/c1-6-7-12(16(5,11)14)9(8(2)3)10(13)15-4/h6,8-9H,1,7H2,2-5H3/t9-,16-/m0/s1. The summed E-state index contributed by atoms with van der Waals surface area (Å²) in [6, 6.07) is -0.615. The van der Waals surface area contributed by atoms with Crippen LogP contribution < -0.4 is 0 Å². The van der Waals surface area contributed by atoms with Crippen molar-refractivity contribution in [3.8, 4) is 0 Å². The van der Waals surface area contributed by atoms with Crippen LogP contribution in [0.5, 0.6) is 0 Å². The van der Waals surface area contributed by atoms with Crippen LogP contribution in [-0.4, -0.2) is 37.0 Å². The van der Waals surface area contributed by atoms with Crippen molar-refractivity contribution in [3.63, 3.8) is 0 Å². The summed E-state index contributed by atoms with van der Waals surface area (Å²) in [5.41, 5.74) is 0. The Hall–Kier alpha value is -0.310. The van der Waals surface area contributed by atoms with Crippen molar-refractivity contribution in [2.24, 2.45) is 5.92 Å². The molecular formula is C10H19ClNO3P. The van der Waals surface area contributed by atoms with E-state index in [9.17, 15) is 9.36 Å². The second-order valence-electron chi connectivity index (χ2n) is 3.90. The number of halogens is 1. The third-order valence-corrected chi connectivity index (χ3v) is 4.08. The van der Waals surface area contributed by atoms with Gasteiger partial charge < -0.3 is 4.74 Å². The normalized spacial score (nSPS) is 16.9. The van der Waals surface area contributed by atoms with Crippen LogP contribution in [0.15, 0.2) is 12.7 Å². The maximum Gasteiger partial charge on any atom is 0.323 e. The van der Waals surface area contributed by atoms with Crippen LogP contribution in [0.4, 0.5) is 0 Å². The zero-order chi connectivity index (χ0) is 12.9. The Morgan fingerprint density at radius 1 is 1.62 bits per heavy atom. The highest BCUT2D eigenvalue weighted by Gasteiger charge is 2.36. The quantitative estimate of drug-likeness (QED) is 0.422. The molecule has 0 saturated carbocycles. The van der Waals surface area contributed by atoms with Gasteiger partial charge in [-0.25, -0.2) is 4.67 Å². The Morgan fingerprint density at radius 2 is 2.12 bits per heavy atom. The fourth-order valence-electron chi connectivity index (χ4n) is 1.47. The molecule has 4 nitrogen and oxygen atoms in total. The number of methoxy groups -OCH3 is 1. The molecule has 0 aliphatic heterocycles. The lowest BCUT2D eigenvalue weighted by Crippen LogP contribution is -2.42. The fourth-order valence-corrected chi connectivity index (χ4v) is 3.15. The van der Waals surface area contributed by atoms with Crippen LogP contribution in [0.25, 0.3) is 0 Å². The van der Waals surface area contributed by atoms with Gasteiger partial charge in [-0.15, -0.1) is 6.58 Å². The lowest BCUT2D eigenvalue weighted by molar-refractivity contribution is -0.146. The van der Waals surface area contributed by atoms with Gasteiger partial charge in [0.05, 0.1) is 7.11 Å². The number of hydrogen-bond donors (Lipinski definition) is 0. The van der Waals surface area contributed by atoms with Gasteiger partial charge in [0, 0.05) is 13.2 Å². The predicted octanol–water partition coefficient (Wildman–Crippen LogP) is 2.73. The molecule has 6 heteroatoms. The average molecular weight is 268 g/mol. The molecule has 0 bridgehead atoms. The van der Waals surface area contributed by atoms with Crippen molar-refractivity contribution in [1.29, 1.82) is 0 Å². The molecule has 0 radical (unpaired) electrons. The van der Waals surface area contributed by atoms with Crippen molar-refractivity contribution in [1.82, 2.24) is 4.67 Å². The highest BCUT2D eigenvalue weighted by molar-refractivity contribution is 7.86. The Kier molecular flexibility index (Phi) is 6.31. The second-order valence-corrected chi connectivity index (χ2v) is 7.85. The fraction of sp³-hybridized carbons (Fsp3) is 0.700. The van der Waals surface area contributed by atoms with Crippen molar-refractivity contribution < 1.29 is 14.1 Å². The van der Waals surface area contributed by atoms with E-state index >= 15 is 0 Å². The Morgan fingerprint density at radius 3 is 2.38 bits per heavy atom. The highest BCUT2D eigenvalue weighted by Crippen LogP contribution is 2.53. The largest absolute Gasteiger partial charge is 0.468 e. The summed E-state index contributed by atoms with van der Waals surface area (Å²) in [5.74, 6) is -0.473. The van der Waals surface area contributed by atoms with E-state index < -0.39 is 18.7 Å². The minimum Gasteiger partial charge on any atom is -0.468 e. The molecular weight excluding hydrogens is 249 g/mol. The summed E-state index contributed by atoms with van der Waals surface area (Å²) in [6.07, 6.45) is 1.57. The van der Waals surface area contributed by atoms with E-state index in [2.05, 4.69) is 6.58 Å². The van der Waals surface area contributed by atoms with E-state index in [1.165, 1.54) is 18.4 Å². The number of hydrogen-bond acceptors (Lipinski definition) is 3. The summed E-state index contributed by atoms with van der Waals surface area (Å²) >= 11 is 5.84. The Labute approximate surface area is 102 Å². The maximum absolute atomic E-state index is 11.9. The van der Waals surface area contributed by atoms with Gasteiger partial charge >= 0.3 is 5.97 Å². The van der Waals surface area contributed by atoms with Crippen molar-refractivity contribution >= 4 is 23.9 Å². The summed E-state index contributed by atoms with van der Waals surface area (Å²) in [6.45, 7) is 5.93. The minimum atomic E-state index is -3.04. The van der Waals surface area contributed by atoms with Gasteiger partial charge in [0.1, 0.15) is 6.04 Å². The first kappa shape index (κ1) is 15.7. The van der Waals surface area contributed by atoms with E-state index in [1.807, 2.05) is 13.8 Å². The van der Waals surface area contributed by atoms with E-state index in [0.717, 1.165) is 0 Å². The first-order chi connectivity index (χ1) is 7.25. The lowest BCUT2D eigenvalue weighted by atomic mass is 10.0. The zero-order valence-electron chi connectivity index (χ0n) is 10.1. The van der Waals surface area contributed by atoms with Crippen LogP contribution in [0, 0.1) is 5.92 Å². The molecule has 0 unspecified atom stereocenters. The number of rotatable bonds is 6. The third kappa shape index (κ3) is 4.28. The van der Waals surface area contributed by atoms with Crippen LogP contribution in [0.2, 0.25) is 0 Å². The number of carbonyl (C=O) groups excluding carboxylic acids is 1. The van der Waals surface area contributed by atoms with Crippen LogP contribution in [0.1, 0.15) is 13.8 Å². The van der Waals surface area contributed by atoms with Crippen LogP contribution >= 0.6 is 17.9 Å². The SMILES string of the molecule is C=CCN([C@H](C(=O)OC)C(C)C)[P@@](C)(=O)Cl. The highest BCUT2D eigenvalue weighted by atomic mass is 35.7. The molecule has 0 amide bonds. The van der Waals surface area contributed by atoms with E-state index in [-0.39, 0.29) is 12.5 Å². The molecule has 0 fully saturated rings. The number of ether oxygens (including phenoxy) is 1. The smallest absolute Gasteiger partial charge is 0.323 e. The molecule has 0 saturated heterocycles. The van der Waals surface area contributed by atoms with Gasteiger partial charge in [-0.3, -0.25) is 9.36 Å². The summed E-state index contributed by atoms with van der Waals surface area (Å²) in [4.78, 5) is 11.6. The maximum atomic E-state index is 11.9. The topological polar surface area (TPSA) is 46.6 Å². The lowest BCUT2D eigenvalue weighted by Gasteiger charge is -2.32. The van der Waals surface area contributed by atoms with Gasteiger partial charge in [-0.2, -0.15) is 0 Å². The monoisotopic (exact) mass is 267 g/mol. The predicted molar refractivity (Wildman–Crippen MR) is 66.9 cm³/mol. The summed E-state index contributed by atoms with van der Waals surface area (Å²) in [5, 5.41) is 0. The van der Waals surface area contributed by atoms with Gasteiger partial charge in [0.25, 0.3) is 0 Å². The molecule has 0 aromatic heterocycles. The first-order valence-electron chi connectivity index (χ1n) is 4.98. The molecule has 0 aromatic carbocycles. The van der Waals surface area contributed by atoms with Crippen LogP contribution in [0.3, 0.4) is 0 Å². The summed E-state index contributed by atoms with van der Waals surface area (Å²) < 4.78 is 18.1. The number of esters is 1. The molecule has 0 rings (SSSR count). The molecule has 0 aromatic rings. The summed E-state index contributed by atoms with van der Waals surface area (Å²) in [7, 11) is 1.30. The molecule has 94 valence electrons. The number of nitrogens with zero attached hydrogens (tertiary/aromatic N) is 1. The molecule has 2 atom stereocenters. The second kappa shape index (κ2) is 6.43. The Bertz CT molecular complexity index is 300. The molecule has 0 aliphatic rings. The van der Waals surface area contributed by atoms with Crippen LogP contribution in [-0.2, 0) is 14.1 Å². The van der Waals surface area contributed by atoms with Gasteiger partial charge in [-0.1, -0.05) is 19.9 Å². The van der Waals surface area contributed by atoms with Crippen molar-refractivity contribution in [2.45, 2.75) is 19.9 Å². The Balaban J connectivity index is 5.18. The minimum absolute atomic E-state index is 0.0422. The molecule has 0 spiro atoms. The third-order valence-electron chi connectivity index (χ3n) is 2.17. The molecule has 0 aliphatic carbocycles. The van der Waals surface area contributed by atoms with E-state index in [1.54, 1.807) is 6.08 Å². The average Bonchev–Trinajstić information content (AvgIpc) is 2.14. The molecule has 16 heavy (non-hydrogen) atoms. The van der Waals surface area contributed by atoms with Gasteiger partial charge in [-0.05, 0) is 17.2 Å². The number of carbonyl (C=O) groups is 1. The zero-order valence-corrected chi connectivity index (χ0v) is 11.8. The van der Waals surface area contributed by atoms with E-state index in [4.69, 9.17) is 16.0 Å². The molecule has 0 heterocycles. The van der Waals surface area contributed by atoms with Gasteiger partial charge in [0.2, 0.25) is 6.65 Å². The van der Waals surface area contributed by atoms with Crippen molar-refractivity contribution in [3.05, 3.63) is 12.7 Å². The van der Waals surface area contributed by atoms with E-state index in [0.29, 0.717) is 0 Å².